The van der Waals surface area contributed by atoms with Gasteiger partial charge in [0.05, 0.1) is 30.9 Å². The van der Waals surface area contributed by atoms with Crippen molar-refractivity contribution >= 4 is 29.0 Å². The van der Waals surface area contributed by atoms with Gasteiger partial charge in [0, 0.05) is 25.1 Å². The highest BCUT2D eigenvalue weighted by Crippen LogP contribution is 2.39. The molecule has 9 heteroatoms. The van der Waals surface area contributed by atoms with Crippen LogP contribution in [-0.4, -0.2) is 61.4 Å². The summed E-state index contributed by atoms with van der Waals surface area (Å²) in [7, 11) is 4.78. The highest BCUT2D eigenvalue weighted by molar-refractivity contribution is 7.12. The number of methoxy groups -OCH3 is 2. The smallest absolute Gasteiger partial charge is 0.317 e. The molecule has 2 heterocycles. The Labute approximate surface area is 186 Å². The number of carbonyl (C=O) groups is 2. The van der Waals surface area contributed by atoms with Gasteiger partial charge in [0.25, 0.3) is 5.91 Å². The van der Waals surface area contributed by atoms with E-state index in [0.717, 1.165) is 16.2 Å². The van der Waals surface area contributed by atoms with Crippen LogP contribution in [0.15, 0.2) is 40.8 Å². The summed E-state index contributed by atoms with van der Waals surface area (Å²) in [6.45, 7) is 3.65. The lowest BCUT2D eigenvalue weighted by Gasteiger charge is -2.26. The van der Waals surface area contributed by atoms with Crippen LogP contribution in [-0.2, 0) is 4.79 Å². The monoisotopic (exact) mass is 444 g/mol. The topological polar surface area (TPSA) is 83.5 Å². The number of nitrogens with zero attached hydrogens (tertiary/aromatic N) is 3. The maximum atomic E-state index is 13.2. The fraction of sp³-hybridized carbons (Fsp3) is 0.409. The van der Waals surface area contributed by atoms with Crippen molar-refractivity contribution < 1.29 is 19.1 Å². The Kier molecular flexibility index (Phi) is 7.17. The van der Waals surface area contributed by atoms with Crippen LogP contribution >= 0.6 is 11.3 Å². The Morgan fingerprint density at radius 3 is 2.68 bits per heavy atom. The van der Waals surface area contributed by atoms with Crippen molar-refractivity contribution in [1.29, 1.82) is 0 Å². The quantitative estimate of drug-likeness (QED) is 0.709. The molecule has 8 nitrogen and oxygen atoms in total. The second kappa shape index (κ2) is 9.82. The normalized spacial score (nSPS) is 15.6. The molecule has 1 N–H and O–H groups in total. The van der Waals surface area contributed by atoms with Gasteiger partial charge >= 0.3 is 6.03 Å². The Morgan fingerprint density at radius 2 is 2.06 bits per heavy atom. The summed E-state index contributed by atoms with van der Waals surface area (Å²) in [5.74, 6) is 1.04. The molecule has 3 rings (SSSR count). The van der Waals surface area contributed by atoms with Gasteiger partial charge in [-0.1, -0.05) is 6.07 Å². The molecule has 1 aromatic heterocycles. The first-order valence-electron chi connectivity index (χ1n) is 10.0. The van der Waals surface area contributed by atoms with Crippen molar-refractivity contribution in [3.05, 3.63) is 46.2 Å². The van der Waals surface area contributed by atoms with Crippen molar-refractivity contribution in [2.75, 3.05) is 27.8 Å². The summed E-state index contributed by atoms with van der Waals surface area (Å²) in [4.78, 5) is 27.9. The van der Waals surface area contributed by atoms with Crippen LogP contribution in [0.3, 0.4) is 0 Å². The maximum Gasteiger partial charge on any atom is 0.317 e. The van der Waals surface area contributed by atoms with Gasteiger partial charge in [0.15, 0.2) is 0 Å². The summed E-state index contributed by atoms with van der Waals surface area (Å²) in [5, 5.41) is 10.9. The van der Waals surface area contributed by atoms with Crippen molar-refractivity contribution in [1.82, 2.24) is 15.2 Å². The molecule has 1 aromatic carbocycles. The van der Waals surface area contributed by atoms with E-state index in [-0.39, 0.29) is 30.6 Å². The molecule has 0 bridgehead atoms. The Balaban J connectivity index is 1.91. The summed E-state index contributed by atoms with van der Waals surface area (Å²) < 4.78 is 10.9. The molecule has 1 aliphatic heterocycles. The Hall–Kier alpha value is -3.07. The number of likely N-dealkylation sites (N-methyl/N-ethyl adjacent to an activating group) is 1. The van der Waals surface area contributed by atoms with Crippen LogP contribution in [0.4, 0.5) is 4.79 Å². The van der Waals surface area contributed by atoms with Gasteiger partial charge in [-0.15, -0.1) is 11.3 Å². The molecule has 0 saturated carbocycles. The summed E-state index contributed by atoms with van der Waals surface area (Å²) >= 11 is 1.58. The number of amides is 3. The molecular weight excluding hydrogens is 416 g/mol. The molecule has 2 aromatic rings. The summed E-state index contributed by atoms with van der Waals surface area (Å²) in [6, 6.07) is 8.76. The first-order valence-corrected chi connectivity index (χ1v) is 10.9. The number of hydrogen-bond acceptors (Lipinski definition) is 6. The zero-order chi connectivity index (χ0) is 22.5. The SMILES string of the molecule is COc1ccc(OC)c([C@H]2CC(c3cccs3)=NN2C(=O)CN(C)C(=O)NC(C)C)c1. The number of benzene rings is 1. The number of carbonyl (C=O) groups excluding carboxylic acids is 2. The molecule has 0 saturated heterocycles. The van der Waals surface area contributed by atoms with E-state index in [2.05, 4.69) is 10.4 Å². The van der Waals surface area contributed by atoms with Gasteiger partial charge in [-0.25, -0.2) is 9.80 Å². The van der Waals surface area contributed by atoms with Gasteiger partial charge in [0.1, 0.15) is 18.0 Å². The van der Waals surface area contributed by atoms with E-state index in [1.807, 2.05) is 49.6 Å². The standard InChI is InChI=1S/C22H28N4O4S/c1-14(2)23-22(28)25(3)13-21(27)26-18(12-17(24-26)20-7-6-10-31-20)16-11-15(29-4)8-9-19(16)30-5/h6-11,14,18H,12-13H2,1-5H3,(H,23,28)/t18-/m1/s1. The van der Waals surface area contributed by atoms with Gasteiger partial charge in [-0.2, -0.15) is 5.10 Å². The molecule has 0 spiro atoms. The third kappa shape index (κ3) is 5.16. The zero-order valence-corrected chi connectivity index (χ0v) is 19.2. The van der Waals surface area contributed by atoms with Gasteiger partial charge in [0.2, 0.25) is 0 Å². The molecule has 1 aliphatic rings. The summed E-state index contributed by atoms with van der Waals surface area (Å²) in [6.07, 6.45) is 0.539. The van der Waals surface area contributed by atoms with Crippen LogP contribution in [0.2, 0.25) is 0 Å². The third-order valence-electron chi connectivity index (χ3n) is 4.90. The fourth-order valence-corrected chi connectivity index (χ4v) is 4.10. The average molecular weight is 445 g/mol. The maximum absolute atomic E-state index is 13.2. The van der Waals surface area contributed by atoms with E-state index in [9.17, 15) is 9.59 Å². The Morgan fingerprint density at radius 1 is 1.29 bits per heavy atom. The number of rotatable bonds is 7. The van der Waals surface area contributed by atoms with Crippen LogP contribution in [0.1, 0.15) is 36.8 Å². The van der Waals surface area contributed by atoms with Gasteiger partial charge in [-0.3, -0.25) is 4.79 Å². The van der Waals surface area contributed by atoms with Crippen molar-refractivity contribution in [3.8, 4) is 11.5 Å². The van der Waals surface area contributed by atoms with Gasteiger partial charge < -0.3 is 19.7 Å². The minimum Gasteiger partial charge on any atom is -0.497 e. The van der Waals surface area contributed by atoms with Crippen LogP contribution in [0.5, 0.6) is 11.5 Å². The number of nitrogens with one attached hydrogen (secondary N) is 1. The second-order valence-corrected chi connectivity index (χ2v) is 8.50. The van der Waals surface area contributed by atoms with E-state index in [1.165, 1.54) is 9.91 Å². The number of hydrazone groups is 1. The van der Waals surface area contributed by atoms with Crippen molar-refractivity contribution in [3.63, 3.8) is 0 Å². The van der Waals surface area contributed by atoms with E-state index in [0.29, 0.717) is 17.9 Å². The Bertz CT molecular complexity index is 958. The largest absolute Gasteiger partial charge is 0.497 e. The molecule has 1 atom stereocenters. The summed E-state index contributed by atoms with van der Waals surface area (Å²) in [5.41, 5.74) is 1.63. The lowest BCUT2D eigenvalue weighted by molar-refractivity contribution is -0.133. The van der Waals surface area contributed by atoms with Crippen LogP contribution < -0.4 is 14.8 Å². The number of ether oxygens (including phenoxy) is 2. The van der Waals surface area contributed by atoms with Crippen LogP contribution in [0, 0.1) is 0 Å². The second-order valence-electron chi connectivity index (χ2n) is 7.55. The van der Waals surface area contributed by atoms with E-state index < -0.39 is 0 Å². The molecule has 0 aliphatic carbocycles. The highest BCUT2D eigenvalue weighted by Gasteiger charge is 2.36. The lowest BCUT2D eigenvalue weighted by atomic mass is 9.99. The predicted octanol–water partition coefficient (Wildman–Crippen LogP) is 3.49. The zero-order valence-electron chi connectivity index (χ0n) is 18.4. The molecule has 0 unspecified atom stereocenters. The fourth-order valence-electron chi connectivity index (χ4n) is 3.38. The molecule has 31 heavy (non-hydrogen) atoms. The van der Waals surface area contributed by atoms with E-state index >= 15 is 0 Å². The van der Waals surface area contributed by atoms with Crippen molar-refractivity contribution in [2.24, 2.45) is 5.10 Å². The molecule has 0 radical (unpaired) electrons. The minimum absolute atomic E-state index is 0.0194. The number of urea groups is 1. The number of thiophene rings is 1. The van der Waals surface area contributed by atoms with Gasteiger partial charge in [-0.05, 0) is 43.5 Å². The average Bonchev–Trinajstić information content (AvgIpc) is 3.42. The van der Waals surface area contributed by atoms with Crippen molar-refractivity contribution in [2.45, 2.75) is 32.4 Å². The molecule has 3 amide bonds. The number of hydrogen-bond donors (Lipinski definition) is 1. The first kappa shape index (κ1) is 22.6. The van der Waals surface area contributed by atoms with E-state index in [1.54, 1.807) is 32.6 Å². The molecule has 166 valence electrons. The lowest BCUT2D eigenvalue weighted by Crippen LogP contribution is -2.45. The molecular formula is C22H28N4O4S. The molecule has 0 fully saturated rings. The van der Waals surface area contributed by atoms with E-state index in [4.69, 9.17) is 9.47 Å². The highest BCUT2D eigenvalue weighted by atomic mass is 32.1. The third-order valence-corrected chi connectivity index (χ3v) is 5.82. The van der Waals surface area contributed by atoms with Crippen LogP contribution in [0.25, 0.3) is 0 Å². The first-order chi connectivity index (χ1) is 14.8. The minimum atomic E-state index is -0.365. The predicted molar refractivity (Wildman–Crippen MR) is 121 cm³/mol.